The Hall–Kier alpha value is -1.84. The summed E-state index contributed by atoms with van der Waals surface area (Å²) in [5, 5.41) is 0. The van der Waals surface area contributed by atoms with Crippen LogP contribution in [0, 0.1) is 23.2 Å². The molecule has 4 nitrogen and oxygen atoms in total. The van der Waals surface area contributed by atoms with Gasteiger partial charge in [0.15, 0.2) is 5.78 Å². The molecule has 0 saturated heterocycles. The van der Waals surface area contributed by atoms with E-state index in [1.807, 2.05) is 24.3 Å². The molecular weight excluding hydrogens is 326 g/mol. The van der Waals surface area contributed by atoms with Gasteiger partial charge in [-0.1, -0.05) is 12.1 Å². The molecule has 0 heterocycles. The van der Waals surface area contributed by atoms with Gasteiger partial charge in [-0.15, -0.1) is 0 Å². The van der Waals surface area contributed by atoms with E-state index in [-0.39, 0.29) is 17.9 Å². The van der Waals surface area contributed by atoms with Crippen LogP contribution >= 0.6 is 0 Å². The van der Waals surface area contributed by atoms with Crippen LogP contribution in [0.3, 0.4) is 0 Å². The number of likely N-dealkylation sites (N-methyl/N-ethyl adjacent to an activating group) is 1. The van der Waals surface area contributed by atoms with E-state index in [0.29, 0.717) is 18.0 Å². The van der Waals surface area contributed by atoms with Crippen molar-refractivity contribution in [2.75, 3.05) is 20.7 Å². The molecule has 0 aliphatic heterocycles. The number of benzene rings is 1. The van der Waals surface area contributed by atoms with E-state index in [9.17, 15) is 9.59 Å². The van der Waals surface area contributed by atoms with Crippen molar-refractivity contribution in [1.82, 2.24) is 4.90 Å². The molecule has 4 aliphatic rings. The van der Waals surface area contributed by atoms with E-state index >= 15 is 0 Å². The molecule has 4 bridgehead atoms. The van der Waals surface area contributed by atoms with Gasteiger partial charge in [-0.3, -0.25) is 9.59 Å². The maximum Gasteiger partial charge on any atom is 0.226 e. The first kappa shape index (κ1) is 17.6. The molecule has 0 N–H and O–H groups in total. The molecule has 26 heavy (non-hydrogen) atoms. The van der Waals surface area contributed by atoms with E-state index in [2.05, 4.69) is 0 Å². The lowest BCUT2D eigenvalue weighted by molar-refractivity contribution is -0.146. The SMILES string of the molecule is CN(C)C(=O)Cc1ccc(OCC(=O)C23CC4CC(CC(C4)C2)C3)cc1. The summed E-state index contributed by atoms with van der Waals surface area (Å²) in [7, 11) is 3.52. The zero-order chi connectivity index (χ0) is 18.3. The number of carbonyl (C=O) groups is 2. The zero-order valence-corrected chi connectivity index (χ0v) is 15.9. The lowest BCUT2D eigenvalue weighted by Gasteiger charge is -2.55. The maximum absolute atomic E-state index is 13.0. The molecule has 1 amide bonds. The molecule has 1 aromatic carbocycles. The van der Waals surface area contributed by atoms with Gasteiger partial charge >= 0.3 is 0 Å². The van der Waals surface area contributed by atoms with Crippen molar-refractivity contribution in [2.45, 2.75) is 44.9 Å². The van der Waals surface area contributed by atoms with Crippen LogP contribution in [0.5, 0.6) is 5.75 Å². The second kappa shape index (κ2) is 6.71. The average Bonchev–Trinajstić information content (AvgIpc) is 2.59. The monoisotopic (exact) mass is 355 g/mol. The predicted molar refractivity (Wildman–Crippen MR) is 99.9 cm³/mol. The third-order valence-electron chi connectivity index (χ3n) is 6.78. The van der Waals surface area contributed by atoms with Gasteiger partial charge in [0.25, 0.3) is 0 Å². The van der Waals surface area contributed by atoms with Crippen LogP contribution in [-0.4, -0.2) is 37.3 Å². The molecule has 0 aromatic heterocycles. The third-order valence-corrected chi connectivity index (χ3v) is 6.78. The van der Waals surface area contributed by atoms with Crippen LogP contribution in [0.2, 0.25) is 0 Å². The number of ether oxygens (including phenoxy) is 1. The molecule has 4 aliphatic carbocycles. The van der Waals surface area contributed by atoms with E-state index in [1.54, 1.807) is 19.0 Å². The van der Waals surface area contributed by atoms with E-state index in [4.69, 9.17) is 4.74 Å². The van der Waals surface area contributed by atoms with Crippen LogP contribution in [0.15, 0.2) is 24.3 Å². The van der Waals surface area contributed by atoms with Crippen LogP contribution in [0.25, 0.3) is 0 Å². The van der Waals surface area contributed by atoms with Crippen LogP contribution < -0.4 is 4.74 Å². The summed E-state index contributed by atoms with van der Waals surface area (Å²) in [6.07, 6.45) is 7.70. The number of hydrogen-bond donors (Lipinski definition) is 0. The number of Topliss-reactive ketones (excluding diaryl/α,β-unsaturated/α-hetero) is 1. The molecule has 4 heteroatoms. The Bertz CT molecular complexity index is 657. The Morgan fingerprint density at radius 1 is 1.00 bits per heavy atom. The van der Waals surface area contributed by atoms with Crippen molar-refractivity contribution in [3.63, 3.8) is 0 Å². The highest BCUT2D eigenvalue weighted by Gasteiger charge is 2.54. The fraction of sp³-hybridized carbons (Fsp3) is 0.636. The Labute approximate surface area is 155 Å². The number of rotatable bonds is 6. The summed E-state index contributed by atoms with van der Waals surface area (Å²) >= 11 is 0. The fourth-order valence-corrected chi connectivity index (χ4v) is 5.79. The predicted octanol–water partition coefficient (Wildman–Crippen LogP) is 3.48. The van der Waals surface area contributed by atoms with Crippen molar-refractivity contribution in [1.29, 1.82) is 0 Å². The largest absolute Gasteiger partial charge is 0.486 e. The van der Waals surface area contributed by atoms with E-state index in [1.165, 1.54) is 19.3 Å². The van der Waals surface area contributed by atoms with Crippen molar-refractivity contribution in [3.05, 3.63) is 29.8 Å². The molecule has 0 atom stereocenters. The normalized spacial score (nSPS) is 31.7. The van der Waals surface area contributed by atoms with Gasteiger partial charge in [-0.05, 0) is 74.0 Å². The van der Waals surface area contributed by atoms with Gasteiger partial charge in [0.1, 0.15) is 12.4 Å². The van der Waals surface area contributed by atoms with Crippen LogP contribution in [0.4, 0.5) is 0 Å². The average molecular weight is 355 g/mol. The molecular formula is C22H29NO3. The highest BCUT2D eigenvalue weighted by atomic mass is 16.5. The number of hydrogen-bond acceptors (Lipinski definition) is 3. The van der Waals surface area contributed by atoms with Gasteiger partial charge in [0.05, 0.1) is 6.42 Å². The first-order valence-corrected chi connectivity index (χ1v) is 9.89. The summed E-state index contributed by atoms with van der Waals surface area (Å²) < 4.78 is 5.82. The lowest BCUT2D eigenvalue weighted by Crippen LogP contribution is -2.51. The molecule has 5 rings (SSSR count). The first-order valence-electron chi connectivity index (χ1n) is 9.89. The van der Waals surface area contributed by atoms with Gasteiger partial charge in [-0.2, -0.15) is 0 Å². The summed E-state index contributed by atoms with van der Waals surface area (Å²) in [4.78, 5) is 26.3. The molecule has 140 valence electrons. The third kappa shape index (κ3) is 3.38. The molecule has 4 saturated carbocycles. The van der Waals surface area contributed by atoms with Crippen LogP contribution in [0.1, 0.15) is 44.1 Å². The molecule has 4 fully saturated rings. The lowest BCUT2D eigenvalue weighted by atomic mass is 9.48. The van der Waals surface area contributed by atoms with Gasteiger partial charge < -0.3 is 9.64 Å². The van der Waals surface area contributed by atoms with Crippen molar-refractivity contribution in [3.8, 4) is 5.75 Å². The smallest absolute Gasteiger partial charge is 0.226 e. The van der Waals surface area contributed by atoms with E-state index < -0.39 is 0 Å². The first-order chi connectivity index (χ1) is 12.4. The van der Waals surface area contributed by atoms with E-state index in [0.717, 1.165) is 42.6 Å². The van der Waals surface area contributed by atoms with Crippen molar-refractivity contribution in [2.24, 2.45) is 23.2 Å². The number of ketones is 1. The summed E-state index contributed by atoms with van der Waals surface area (Å²) in [5.74, 6) is 3.43. The topological polar surface area (TPSA) is 46.6 Å². The van der Waals surface area contributed by atoms with Gasteiger partial charge in [0, 0.05) is 19.5 Å². The highest BCUT2D eigenvalue weighted by Crippen LogP contribution is 2.60. The van der Waals surface area contributed by atoms with Crippen LogP contribution in [-0.2, 0) is 16.0 Å². The minimum Gasteiger partial charge on any atom is -0.486 e. The zero-order valence-electron chi connectivity index (χ0n) is 15.9. The van der Waals surface area contributed by atoms with Gasteiger partial charge in [0.2, 0.25) is 5.91 Å². The fourth-order valence-electron chi connectivity index (χ4n) is 5.79. The molecule has 1 aromatic rings. The summed E-state index contributed by atoms with van der Waals surface area (Å²) in [6, 6.07) is 7.55. The number of carbonyl (C=O) groups excluding carboxylic acids is 2. The van der Waals surface area contributed by atoms with Crippen molar-refractivity contribution >= 4 is 11.7 Å². The summed E-state index contributed by atoms with van der Waals surface area (Å²) in [6.45, 7) is 0.183. The Morgan fingerprint density at radius 3 is 2.04 bits per heavy atom. The molecule has 0 radical (unpaired) electrons. The Balaban J connectivity index is 1.34. The second-order valence-electron chi connectivity index (χ2n) is 9.02. The van der Waals surface area contributed by atoms with Crippen molar-refractivity contribution < 1.29 is 14.3 Å². The highest BCUT2D eigenvalue weighted by molar-refractivity contribution is 5.86. The maximum atomic E-state index is 13.0. The van der Waals surface area contributed by atoms with Gasteiger partial charge in [-0.25, -0.2) is 0 Å². The number of nitrogens with zero attached hydrogens (tertiary/aromatic N) is 1. The Morgan fingerprint density at radius 2 is 1.54 bits per heavy atom. The molecule has 0 unspecified atom stereocenters. The minimum absolute atomic E-state index is 0.0793. The molecule has 0 spiro atoms. The minimum atomic E-state index is -0.0905. The quantitative estimate of drug-likeness (QED) is 0.785. The second-order valence-corrected chi connectivity index (χ2v) is 9.02. The Kier molecular flexibility index (Phi) is 4.54. The standard InChI is InChI=1S/C22H29NO3/c1-23(2)21(25)10-15-3-5-19(6-4-15)26-14-20(24)22-11-16-7-17(12-22)9-18(8-16)13-22/h3-6,16-18H,7-14H2,1-2H3. The number of amides is 1. The summed E-state index contributed by atoms with van der Waals surface area (Å²) in [5.41, 5.74) is 0.871.